The Bertz CT molecular complexity index is 938. The molecule has 0 bridgehead atoms. The lowest BCUT2D eigenvalue weighted by molar-refractivity contribution is -0.117. The van der Waals surface area contributed by atoms with Crippen molar-refractivity contribution in [2.75, 3.05) is 59.4 Å². The van der Waals surface area contributed by atoms with Crippen LogP contribution >= 0.6 is 0 Å². The summed E-state index contributed by atoms with van der Waals surface area (Å²) in [5.41, 5.74) is 3.42. The van der Waals surface area contributed by atoms with Crippen molar-refractivity contribution in [3.63, 3.8) is 0 Å². The van der Waals surface area contributed by atoms with E-state index in [2.05, 4.69) is 10.2 Å². The highest BCUT2D eigenvalue weighted by atomic mass is 16.5. The van der Waals surface area contributed by atoms with Gasteiger partial charge in [0.25, 0.3) is 5.91 Å². The Hall–Kier alpha value is -3.26. The predicted molar refractivity (Wildman–Crippen MR) is 123 cm³/mol. The summed E-state index contributed by atoms with van der Waals surface area (Å²) < 4.78 is 16.0. The van der Waals surface area contributed by atoms with Gasteiger partial charge in [0.2, 0.25) is 11.7 Å². The fraction of sp³-hybridized carbons (Fsp3) is 0.417. The van der Waals surface area contributed by atoms with E-state index in [1.807, 2.05) is 32.0 Å². The van der Waals surface area contributed by atoms with Gasteiger partial charge in [0.05, 0.1) is 27.9 Å². The molecule has 1 aliphatic heterocycles. The zero-order valence-electron chi connectivity index (χ0n) is 19.4. The van der Waals surface area contributed by atoms with E-state index < -0.39 is 0 Å². The first-order valence-corrected chi connectivity index (χ1v) is 10.6. The van der Waals surface area contributed by atoms with E-state index in [9.17, 15) is 9.59 Å². The molecule has 1 N–H and O–H groups in total. The number of amides is 2. The van der Waals surface area contributed by atoms with Crippen LogP contribution in [0.4, 0.5) is 5.69 Å². The highest BCUT2D eigenvalue weighted by Gasteiger charge is 2.25. The Morgan fingerprint density at radius 3 is 1.97 bits per heavy atom. The van der Waals surface area contributed by atoms with E-state index in [4.69, 9.17) is 14.2 Å². The summed E-state index contributed by atoms with van der Waals surface area (Å²) in [7, 11) is 4.57. The molecule has 0 aromatic heterocycles. The number of hydrogen-bond donors (Lipinski definition) is 1. The number of carbonyl (C=O) groups excluding carboxylic acids is 2. The molecule has 2 aromatic carbocycles. The number of methoxy groups -OCH3 is 3. The van der Waals surface area contributed by atoms with Crippen molar-refractivity contribution in [1.82, 2.24) is 9.80 Å². The second kappa shape index (κ2) is 10.4. The highest BCUT2D eigenvalue weighted by molar-refractivity contribution is 5.96. The highest BCUT2D eigenvalue weighted by Crippen LogP contribution is 2.38. The summed E-state index contributed by atoms with van der Waals surface area (Å²) in [4.78, 5) is 29.4. The summed E-state index contributed by atoms with van der Waals surface area (Å²) in [5, 5.41) is 3.02. The van der Waals surface area contributed by atoms with Gasteiger partial charge in [0, 0.05) is 37.4 Å². The zero-order valence-corrected chi connectivity index (χ0v) is 19.4. The van der Waals surface area contributed by atoms with Crippen LogP contribution in [0.3, 0.4) is 0 Å². The number of para-hydroxylation sites is 1. The fourth-order valence-corrected chi connectivity index (χ4v) is 3.89. The quantitative estimate of drug-likeness (QED) is 0.712. The van der Waals surface area contributed by atoms with E-state index in [0.717, 1.165) is 16.8 Å². The van der Waals surface area contributed by atoms with Gasteiger partial charge in [0.1, 0.15) is 0 Å². The minimum absolute atomic E-state index is 0.0493. The Kier molecular flexibility index (Phi) is 7.58. The van der Waals surface area contributed by atoms with Crippen molar-refractivity contribution in [3.05, 3.63) is 47.0 Å². The molecule has 0 unspecified atom stereocenters. The summed E-state index contributed by atoms with van der Waals surface area (Å²) >= 11 is 0. The Balaban J connectivity index is 1.60. The molecule has 32 heavy (non-hydrogen) atoms. The third-order valence-electron chi connectivity index (χ3n) is 5.68. The maximum absolute atomic E-state index is 13.1. The summed E-state index contributed by atoms with van der Waals surface area (Å²) in [6, 6.07) is 9.26. The minimum atomic E-state index is -0.108. The Morgan fingerprint density at radius 1 is 0.906 bits per heavy atom. The Morgan fingerprint density at radius 2 is 1.47 bits per heavy atom. The maximum atomic E-state index is 13.1. The SMILES string of the molecule is COc1cc(C(=O)N2CCN(CC(=O)Nc3c(C)cccc3C)CC2)cc(OC)c1OC. The van der Waals surface area contributed by atoms with Crippen molar-refractivity contribution in [3.8, 4) is 17.2 Å². The van der Waals surface area contributed by atoms with Gasteiger partial charge < -0.3 is 24.4 Å². The van der Waals surface area contributed by atoms with Gasteiger partial charge in [-0.25, -0.2) is 0 Å². The second-order valence-electron chi connectivity index (χ2n) is 7.80. The zero-order chi connectivity index (χ0) is 23.3. The van der Waals surface area contributed by atoms with Crippen LogP contribution in [0.1, 0.15) is 21.5 Å². The average Bonchev–Trinajstić information content (AvgIpc) is 2.80. The first-order chi connectivity index (χ1) is 15.4. The topological polar surface area (TPSA) is 80.3 Å². The number of anilines is 1. The van der Waals surface area contributed by atoms with Crippen molar-refractivity contribution >= 4 is 17.5 Å². The molecule has 8 heteroatoms. The largest absolute Gasteiger partial charge is 0.493 e. The van der Waals surface area contributed by atoms with Gasteiger partial charge in [-0.1, -0.05) is 18.2 Å². The molecule has 1 saturated heterocycles. The maximum Gasteiger partial charge on any atom is 0.254 e. The summed E-state index contributed by atoms with van der Waals surface area (Å²) in [6.45, 7) is 6.57. The van der Waals surface area contributed by atoms with E-state index in [-0.39, 0.29) is 11.8 Å². The monoisotopic (exact) mass is 441 g/mol. The number of carbonyl (C=O) groups is 2. The minimum Gasteiger partial charge on any atom is -0.493 e. The van der Waals surface area contributed by atoms with Gasteiger partial charge in [-0.15, -0.1) is 0 Å². The second-order valence-corrected chi connectivity index (χ2v) is 7.80. The van der Waals surface area contributed by atoms with Crippen LogP contribution in [0.5, 0.6) is 17.2 Å². The third kappa shape index (κ3) is 5.13. The summed E-state index contributed by atoms with van der Waals surface area (Å²) in [6.07, 6.45) is 0. The molecule has 0 spiro atoms. The molecule has 2 aromatic rings. The van der Waals surface area contributed by atoms with Crippen LogP contribution in [0.2, 0.25) is 0 Å². The standard InChI is InChI=1S/C24H31N3O5/c1-16-7-6-8-17(2)22(16)25-21(28)15-26-9-11-27(12-10-26)24(29)18-13-19(30-3)23(32-5)20(14-18)31-4/h6-8,13-14H,9-12,15H2,1-5H3,(H,25,28). The van der Waals surface area contributed by atoms with Gasteiger partial charge in [-0.3, -0.25) is 14.5 Å². The first kappa shape index (κ1) is 23.4. The molecular weight excluding hydrogens is 410 g/mol. The van der Waals surface area contributed by atoms with Crippen molar-refractivity contribution in [1.29, 1.82) is 0 Å². The molecule has 1 aliphatic rings. The van der Waals surface area contributed by atoms with Gasteiger partial charge in [-0.05, 0) is 37.1 Å². The number of nitrogens with one attached hydrogen (secondary N) is 1. The lowest BCUT2D eigenvalue weighted by atomic mass is 10.1. The number of ether oxygens (including phenoxy) is 3. The van der Waals surface area contributed by atoms with Crippen LogP contribution in [0.15, 0.2) is 30.3 Å². The molecule has 3 rings (SSSR count). The molecule has 1 fully saturated rings. The molecule has 0 radical (unpaired) electrons. The normalized spacial score (nSPS) is 14.1. The number of benzene rings is 2. The van der Waals surface area contributed by atoms with E-state index in [1.165, 1.54) is 21.3 Å². The predicted octanol–water partition coefficient (Wildman–Crippen LogP) is 2.73. The van der Waals surface area contributed by atoms with E-state index >= 15 is 0 Å². The average molecular weight is 442 g/mol. The fourth-order valence-electron chi connectivity index (χ4n) is 3.89. The molecule has 0 atom stereocenters. The first-order valence-electron chi connectivity index (χ1n) is 10.6. The number of aryl methyl sites for hydroxylation is 2. The Labute approximate surface area is 189 Å². The summed E-state index contributed by atoms with van der Waals surface area (Å²) in [5.74, 6) is 1.18. The molecule has 0 saturated carbocycles. The molecule has 2 amide bonds. The van der Waals surface area contributed by atoms with Crippen LogP contribution in [0, 0.1) is 13.8 Å². The number of rotatable bonds is 7. The third-order valence-corrected chi connectivity index (χ3v) is 5.68. The smallest absolute Gasteiger partial charge is 0.254 e. The molecule has 8 nitrogen and oxygen atoms in total. The number of nitrogens with zero attached hydrogens (tertiary/aromatic N) is 2. The van der Waals surface area contributed by atoms with Crippen molar-refractivity contribution in [2.24, 2.45) is 0 Å². The van der Waals surface area contributed by atoms with Crippen LogP contribution in [-0.2, 0) is 4.79 Å². The van der Waals surface area contributed by atoms with Crippen LogP contribution in [-0.4, -0.2) is 75.7 Å². The van der Waals surface area contributed by atoms with Gasteiger partial charge >= 0.3 is 0 Å². The van der Waals surface area contributed by atoms with E-state index in [0.29, 0.717) is 55.5 Å². The van der Waals surface area contributed by atoms with E-state index in [1.54, 1.807) is 17.0 Å². The van der Waals surface area contributed by atoms with Gasteiger partial charge in [0.15, 0.2) is 11.5 Å². The van der Waals surface area contributed by atoms with Crippen molar-refractivity contribution < 1.29 is 23.8 Å². The molecule has 1 heterocycles. The number of hydrogen-bond acceptors (Lipinski definition) is 6. The number of piperazine rings is 1. The van der Waals surface area contributed by atoms with Gasteiger partial charge in [-0.2, -0.15) is 0 Å². The molecule has 0 aliphatic carbocycles. The molecule has 172 valence electrons. The lowest BCUT2D eigenvalue weighted by Crippen LogP contribution is -2.50. The van der Waals surface area contributed by atoms with Crippen LogP contribution in [0.25, 0.3) is 0 Å². The van der Waals surface area contributed by atoms with Crippen molar-refractivity contribution in [2.45, 2.75) is 13.8 Å². The van der Waals surface area contributed by atoms with Crippen LogP contribution < -0.4 is 19.5 Å². The lowest BCUT2D eigenvalue weighted by Gasteiger charge is -2.34. The molecular formula is C24H31N3O5.